The van der Waals surface area contributed by atoms with Gasteiger partial charge in [0.2, 0.25) is 0 Å². The van der Waals surface area contributed by atoms with Crippen LogP contribution >= 0.6 is 0 Å². The van der Waals surface area contributed by atoms with E-state index >= 15 is 0 Å². The van der Waals surface area contributed by atoms with E-state index in [1.54, 1.807) is 36.5 Å². The van der Waals surface area contributed by atoms with Gasteiger partial charge in [-0.15, -0.1) is 0 Å². The van der Waals surface area contributed by atoms with Crippen molar-refractivity contribution in [2.45, 2.75) is 11.3 Å². The van der Waals surface area contributed by atoms with Gasteiger partial charge in [0, 0.05) is 62.3 Å². The molecular weight excluding hydrogens is 448 g/mol. The Bertz CT molecular complexity index is 1260. The number of fused-ring (bicyclic) bond motifs is 1. The van der Waals surface area contributed by atoms with Crippen LogP contribution in [-0.2, 0) is 14.8 Å². The van der Waals surface area contributed by atoms with Crippen molar-refractivity contribution in [1.29, 1.82) is 0 Å². The van der Waals surface area contributed by atoms with Gasteiger partial charge in [0.25, 0.3) is 10.0 Å². The highest BCUT2D eigenvalue weighted by Gasteiger charge is 2.24. The van der Waals surface area contributed by atoms with Crippen LogP contribution < -0.4 is 4.72 Å². The quantitative estimate of drug-likeness (QED) is 0.559. The van der Waals surface area contributed by atoms with E-state index in [2.05, 4.69) is 26.1 Å². The van der Waals surface area contributed by atoms with Gasteiger partial charge in [0.05, 0.1) is 12.1 Å². The van der Waals surface area contributed by atoms with Crippen molar-refractivity contribution in [3.8, 4) is 0 Å². The Morgan fingerprint density at radius 2 is 1.82 bits per heavy atom. The molecule has 2 aromatic carbocycles. The third-order valence-electron chi connectivity index (χ3n) is 6.65. The van der Waals surface area contributed by atoms with Crippen LogP contribution in [0.5, 0.6) is 0 Å². The number of aromatic nitrogens is 1. The number of pyridine rings is 1. The number of ether oxygens (including phenoxy) is 1. The van der Waals surface area contributed by atoms with Crippen LogP contribution in [-0.4, -0.2) is 69.1 Å². The minimum Gasteiger partial charge on any atom is -0.381 e. The van der Waals surface area contributed by atoms with Gasteiger partial charge in [-0.25, -0.2) is 8.42 Å². The summed E-state index contributed by atoms with van der Waals surface area (Å²) in [6.45, 7) is 11.1. The van der Waals surface area contributed by atoms with Gasteiger partial charge in [0.15, 0.2) is 0 Å². The highest BCUT2D eigenvalue weighted by atomic mass is 32.2. The van der Waals surface area contributed by atoms with Crippen molar-refractivity contribution in [2.24, 2.45) is 5.92 Å². The van der Waals surface area contributed by atoms with E-state index in [4.69, 9.17) is 4.74 Å². The fourth-order valence-electron chi connectivity index (χ4n) is 4.71. The van der Waals surface area contributed by atoms with Crippen molar-refractivity contribution in [3.63, 3.8) is 0 Å². The number of piperazine rings is 1. The minimum atomic E-state index is -3.77. The van der Waals surface area contributed by atoms with Crippen LogP contribution in [0.15, 0.2) is 72.3 Å². The number of rotatable bonds is 7. The fraction of sp³-hybridized carbons (Fsp3) is 0.346. The average Bonchev–Trinajstić information content (AvgIpc) is 3.37. The SMILES string of the molecule is C=C(c1ccc(NS(=O)(=O)c2cccc3cccnc23)cc1)N1CCN(CC2CCOC2)CC1. The van der Waals surface area contributed by atoms with Crippen molar-refractivity contribution in [1.82, 2.24) is 14.8 Å². The summed E-state index contributed by atoms with van der Waals surface area (Å²) in [5, 5.41) is 0.786. The van der Waals surface area contributed by atoms with Gasteiger partial charge < -0.3 is 9.64 Å². The van der Waals surface area contributed by atoms with E-state index < -0.39 is 10.0 Å². The van der Waals surface area contributed by atoms with Gasteiger partial charge >= 0.3 is 0 Å². The van der Waals surface area contributed by atoms with E-state index in [1.807, 2.05) is 24.3 Å². The van der Waals surface area contributed by atoms with E-state index in [0.717, 1.165) is 62.6 Å². The topological polar surface area (TPSA) is 74.8 Å². The number of nitrogens with zero attached hydrogens (tertiary/aromatic N) is 3. The van der Waals surface area contributed by atoms with Gasteiger partial charge in [-0.2, -0.15) is 0 Å². The predicted molar refractivity (Wildman–Crippen MR) is 135 cm³/mol. The van der Waals surface area contributed by atoms with Crippen molar-refractivity contribution >= 4 is 32.3 Å². The Balaban J connectivity index is 1.22. The molecule has 3 aromatic rings. The van der Waals surface area contributed by atoms with Gasteiger partial charge in [-0.3, -0.25) is 14.6 Å². The second-order valence-corrected chi connectivity index (χ2v) is 10.6. The molecule has 1 N–H and O–H groups in total. The molecule has 7 nitrogen and oxygen atoms in total. The number of anilines is 1. The first kappa shape index (κ1) is 22.8. The molecular formula is C26H30N4O3S. The Morgan fingerprint density at radius 3 is 2.56 bits per heavy atom. The molecule has 5 rings (SSSR count). The second kappa shape index (κ2) is 9.74. The number of hydrogen-bond donors (Lipinski definition) is 1. The van der Waals surface area contributed by atoms with Crippen molar-refractivity contribution in [2.75, 3.05) is 50.7 Å². The van der Waals surface area contributed by atoms with Crippen molar-refractivity contribution < 1.29 is 13.2 Å². The zero-order valence-electron chi connectivity index (χ0n) is 19.2. The molecule has 178 valence electrons. The van der Waals surface area contributed by atoms with Crippen LogP contribution in [0.1, 0.15) is 12.0 Å². The monoisotopic (exact) mass is 478 g/mol. The average molecular weight is 479 g/mol. The van der Waals surface area contributed by atoms with Gasteiger partial charge in [-0.1, -0.05) is 36.9 Å². The Morgan fingerprint density at radius 1 is 1.06 bits per heavy atom. The van der Waals surface area contributed by atoms with Crippen LogP contribution in [0.3, 0.4) is 0 Å². The molecule has 3 heterocycles. The van der Waals surface area contributed by atoms with E-state index in [-0.39, 0.29) is 4.90 Å². The smallest absolute Gasteiger partial charge is 0.264 e. The number of benzene rings is 2. The molecule has 34 heavy (non-hydrogen) atoms. The Hall–Kier alpha value is -2.94. The molecule has 2 fully saturated rings. The zero-order valence-corrected chi connectivity index (χ0v) is 20.0. The van der Waals surface area contributed by atoms with Crippen LogP contribution in [0.2, 0.25) is 0 Å². The maximum Gasteiger partial charge on any atom is 0.264 e. The molecule has 1 unspecified atom stereocenters. The lowest BCUT2D eigenvalue weighted by atomic mass is 10.1. The molecule has 2 aliphatic rings. The molecule has 8 heteroatoms. The fourth-order valence-corrected chi connectivity index (χ4v) is 5.95. The lowest BCUT2D eigenvalue weighted by molar-refractivity contribution is 0.137. The molecule has 0 radical (unpaired) electrons. The number of sulfonamides is 1. The first-order valence-electron chi connectivity index (χ1n) is 11.7. The van der Waals surface area contributed by atoms with E-state index in [9.17, 15) is 8.42 Å². The Kier molecular flexibility index (Phi) is 6.54. The largest absolute Gasteiger partial charge is 0.381 e. The summed E-state index contributed by atoms with van der Waals surface area (Å²) < 4.78 is 34.3. The summed E-state index contributed by atoms with van der Waals surface area (Å²) in [4.78, 5) is 9.26. The maximum absolute atomic E-state index is 13.0. The summed E-state index contributed by atoms with van der Waals surface area (Å²) in [7, 11) is -3.77. The number of hydrogen-bond acceptors (Lipinski definition) is 6. The highest BCUT2D eigenvalue weighted by molar-refractivity contribution is 7.93. The van der Waals surface area contributed by atoms with Crippen LogP contribution in [0, 0.1) is 5.92 Å². The standard InChI is InChI=1S/C26H30N4O3S/c1-20(30-15-13-29(14-16-30)18-21-11-17-33-19-21)22-7-9-24(10-8-22)28-34(31,32)25-6-2-4-23-5-3-12-27-26(23)25/h2-10,12,21,28H,1,11,13-19H2. The molecule has 0 aliphatic carbocycles. The summed E-state index contributed by atoms with van der Waals surface area (Å²) in [6, 6.07) is 16.2. The molecule has 0 amide bonds. The van der Waals surface area contributed by atoms with Gasteiger partial charge in [0.1, 0.15) is 4.90 Å². The lowest BCUT2D eigenvalue weighted by Crippen LogP contribution is -2.46. The highest BCUT2D eigenvalue weighted by Crippen LogP contribution is 2.25. The third kappa shape index (κ3) is 4.94. The molecule has 1 atom stereocenters. The summed E-state index contributed by atoms with van der Waals surface area (Å²) in [6.07, 6.45) is 2.77. The first-order valence-corrected chi connectivity index (χ1v) is 13.2. The summed E-state index contributed by atoms with van der Waals surface area (Å²) in [5.41, 5.74) is 2.93. The third-order valence-corrected chi connectivity index (χ3v) is 8.06. The van der Waals surface area contributed by atoms with E-state index in [0.29, 0.717) is 17.1 Å². The predicted octanol–water partition coefficient (Wildman–Crippen LogP) is 3.66. The molecule has 0 bridgehead atoms. The normalized spacial score (nSPS) is 19.4. The van der Waals surface area contributed by atoms with Gasteiger partial charge in [-0.05, 0) is 42.2 Å². The number of nitrogens with one attached hydrogen (secondary N) is 1. The van der Waals surface area contributed by atoms with Crippen LogP contribution in [0.4, 0.5) is 5.69 Å². The van der Waals surface area contributed by atoms with Crippen molar-refractivity contribution in [3.05, 3.63) is 72.9 Å². The first-order chi connectivity index (χ1) is 16.5. The lowest BCUT2D eigenvalue weighted by Gasteiger charge is -2.38. The molecule has 1 aromatic heterocycles. The summed E-state index contributed by atoms with van der Waals surface area (Å²) in [5.74, 6) is 0.663. The molecule has 0 spiro atoms. The molecule has 2 saturated heterocycles. The minimum absolute atomic E-state index is 0.168. The molecule has 2 aliphatic heterocycles. The zero-order chi connectivity index (χ0) is 23.5. The summed E-state index contributed by atoms with van der Waals surface area (Å²) >= 11 is 0. The van der Waals surface area contributed by atoms with Crippen LogP contribution in [0.25, 0.3) is 16.6 Å². The number of para-hydroxylation sites is 1. The van der Waals surface area contributed by atoms with E-state index in [1.165, 1.54) is 6.42 Å². The molecule has 0 saturated carbocycles. The maximum atomic E-state index is 13.0. The Labute approximate surface area is 201 Å². The second-order valence-electron chi connectivity index (χ2n) is 8.98.